The van der Waals surface area contributed by atoms with E-state index in [9.17, 15) is 34.8 Å². The number of carbonyl (C=O) groups excluding carboxylic acids is 1. The predicted octanol–water partition coefficient (Wildman–Crippen LogP) is 1.35. The molecule has 2 N–H and O–H groups in total. The molecule has 2 fully saturated rings. The fourth-order valence-electron chi connectivity index (χ4n) is 4.57. The first-order valence-electron chi connectivity index (χ1n) is 11.9. The zero-order valence-corrected chi connectivity index (χ0v) is 22.2. The van der Waals surface area contributed by atoms with Crippen LogP contribution in [0.4, 0.5) is 13.2 Å². The molecule has 1 aromatic carbocycles. The van der Waals surface area contributed by atoms with Crippen molar-refractivity contribution in [3.05, 3.63) is 59.8 Å². The number of rotatable bonds is 8. The first-order chi connectivity index (χ1) is 18.3. The summed E-state index contributed by atoms with van der Waals surface area (Å²) in [6.45, 7) is 0.760. The molecular formula is C23H27F3N4O7S2. The number of esters is 1. The summed E-state index contributed by atoms with van der Waals surface area (Å²) in [5, 5.41) is -0.537. The van der Waals surface area contributed by atoms with Gasteiger partial charge in [-0.15, -0.1) is 0 Å². The molecule has 0 radical (unpaired) electrons. The highest BCUT2D eigenvalue weighted by Crippen LogP contribution is 2.36. The molecule has 2 aliphatic rings. The van der Waals surface area contributed by atoms with Gasteiger partial charge in [0, 0.05) is 37.4 Å². The second kappa shape index (κ2) is 11.5. The Hall–Kier alpha value is -2.63. The van der Waals surface area contributed by atoms with Crippen LogP contribution >= 0.6 is 0 Å². The van der Waals surface area contributed by atoms with Gasteiger partial charge >= 0.3 is 12.1 Å². The van der Waals surface area contributed by atoms with E-state index in [1.54, 1.807) is 0 Å². The lowest BCUT2D eigenvalue weighted by Crippen LogP contribution is -2.51. The number of alkyl halides is 3. The van der Waals surface area contributed by atoms with E-state index in [0.29, 0.717) is 0 Å². The predicted molar refractivity (Wildman–Crippen MR) is 131 cm³/mol. The first kappa shape index (κ1) is 29.4. The average Bonchev–Trinajstić information content (AvgIpc) is 3.33. The van der Waals surface area contributed by atoms with Crippen LogP contribution in [-0.2, 0) is 34.3 Å². The number of halogens is 3. The third-order valence-corrected chi connectivity index (χ3v) is 10.3. The van der Waals surface area contributed by atoms with Crippen LogP contribution in [0.5, 0.6) is 0 Å². The monoisotopic (exact) mass is 592 g/mol. The summed E-state index contributed by atoms with van der Waals surface area (Å²) in [6.07, 6.45) is -5.96. The van der Waals surface area contributed by atoms with Gasteiger partial charge < -0.3 is 9.47 Å². The van der Waals surface area contributed by atoms with Crippen molar-refractivity contribution < 1.29 is 44.3 Å². The summed E-state index contributed by atoms with van der Waals surface area (Å²) < 4.78 is 103. The van der Waals surface area contributed by atoms with Crippen molar-refractivity contribution in [3.63, 3.8) is 0 Å². The fourth-order valence-corrected chi connectivity index (χ4v) is 8.01. The van der Waals surface area contributed by atoms with Crippen molar-refractivity contribution >= 4 is 26.0 Å². The van der Waals surface area contributed by atoms with Gasteiger partial charge in [0.05, 0.1) is 19.0 Å². The van der Waals surface area contributed by atoms with Gasteiger partial charge in [0.25, 0.3) is 10.2 Å². The molecule has 0 spiro atoms. The Morgan fingerprint density at radius 1 is 1.13 bits per heavy atom. The van der Waals surface area contributed by atoms with Crippen LogP contribution in [0, 0.1) is 0 Å². The van der Waals surface area contributed by atoms with Gasteiger partial charge in [-0.2, -0.15) is 30.2 Å². The van der Waals surface area contributed by atoms with Crippen LogP contribution in [0.2, 0.25) is 0 Å². The van der Waals surface area contributed by atoms with Gasteiger partial charge in [0.15, 0.2) is 21.1 Å². The Bertz CT molecular complexity index is 1390. The van der Waals surface area contributed by atoms with Crippen molar-refractivity contribution in [3.8, 4) is 0 Å². The molecule has 2 aliphatic heterocycles. The molecule has 1 aromatic heterocycles. The molecule has 39 heavy (non-hydrogen) atoms. The standard InChI is InChI=1S/C23H27F3N4O7S2/c24-23(25,26)22(31)37-21(27)17-6-7-28-20(13-17)38(32,33)15-19-12-18(16-4-2-1-3-5-16)14-30(19)39(34,35)29-8-10-36-11-9-29/h1-7,13,18-19,21H,8-12,14-15,27H2. The quantitative estimate of drug-likeness (QED) is 0.354. The number of hydrogen-bond donors (Lipinski definition) is 1. The van der Waals surface area contributed by atoms with E-state index in [1.165, 1.54) is 8.61 Å². The molecule has 0 aliphatic carbocycles. The van der Waals surface area contributed by atoms with E-state index >= 15 is 0 Å². The molecule has 3 atom stereocenters. The van der Waals surface area contributed by atoms with Gasteiger partial charge in [-0.1, -0.05) is 30.3 Å². The summed E-state index contributed by atoms with van der Waals surface area (Å²) in [5.41, 5.74) is 6.17. The average molecular weight is 593 g/mol. The molecule has 4 rings (SSSR count). The number of pyridine rings is 1. The second-order valence-corrected chi connectivity index (χ2v) is 13.0. The number of nitrogens with two attached hydrogens (primary N) is 1. The van der Waals surface area contributed by atoms with E-state index in [0.717, 1.165) is 23.9 Å². The summed E-state index contributed by atoms with van der Waals surface area (Å²) in [6, 6.07) is 10.2. The molecule has 0 bridgehead atoms. The van der Waals surface area contributed by atoms with Gasteiger partial charge in [0.1, 0.15) is 0 Å². The lowest BCUT2D eigenvalue weighted by Gasteiger charge is -2.32. The highest BCUT2D eigenvalue weighted by atomic mass is 32.2. The van der Waals surface area contributed by atoms with E-state index < -0.39 is 55.2 Å². The maximum absolute atomic E-state index is 13.6. The zero-order valence-electron chi connectivity index (χ0n) is 20.5. The minimum absolute atomic E-state index is 0.0651. The van der Waals surface area contributed by atoms with E-state index in [1.807, 2.05) is 30.3 Å². The van der Waals surface area contributed by atoms with Gasteiger partial charge in [-0.25, -0.2) is 18.2 Å². The van der Waals surface area contributed by atoms with Gasteiger partial charge in [-0.3, -0.25) is 5.73 Å². The van der Waals surface area contributed by atoms with Crippen molar-refractivity contribution in [2.24, 2.45) is 5.73 Å². The lowest BCUT2D eigenvalue weighted by molar-refractivity contribution is -0.205. The molecule has 214 valence electrons. The Morgan fingerprint density at radius 3 is 2.44 bits per heavy atom. The summed E-state index contributed by atoms with van der Waals surface area (Å²) in [4.78, 5) is 14.9. The molecular weight excluding hydrogens is 565 g/mol. The van der Waals surface area contributed by atoms with Gasteiger partial charge in [-0.05, 0) is 30.0 Å². The van der Waals surface area contributed by atoms with Gasteiger partial charge in [0.2, 0.25) is 0 Å². The Labute approximate surface area is 223 Å². The largest absolute Gasteiger partial charge is 0.490 e. The number of carbonyl (C=O) groups is 1. The molecule has 3 unspecified atom stereocenters. The zero-order chi connectivity index (χ0) is 28.4. The maximum atomic E-state index is 13.6. The van der Waals surface area contributed by atoms with Crippen molar-refractivity contribution in [1.82, 2.24) is 13.6 Å². The fraction of sp³-hybridized carbons (Fsp3) is 0.478. The maximum Gasteiger partial charge on any atom is 0.490 e. The number of sulfone groups is 1. The minimum atomic E-state index is -5.28. The molecule has 16 heteroatoms. The number of morpholine rings is 1. The highest BCUT2D eigenvalue weighted by Gasteiger charge is 2.45. The molecule has 0 saturated carbocycles. The molecule has 0 amide bonds. The van der Waals surface area contributed by atoms with E-state index in [4.69, 9.17) is 10.5 Å². The normalized spacial score (nSPS) is 22.5. The van der Waals surface area contributed by atoms with Crippen molar-refractivity contribution in [1.29, 1.82) is 0 Å². The highest BCUT2D eigenvalue weighted by molar-refractivity contribution is 7.91. The summed E-state index contributed by atoms with van der Waals surface area (Å²) in [5.74, 6) is -3.43. The number of ether oxygens (including phenoxy) is 2. The topological polar surface area (TPSA) is 149 Å². The third-order valence-electron chi connectivity index (χ3n) is 6.51. The molecule has 2 aromatic rings. The first-order valence-corrected chi connectivity index (χ1v) is 15.0. The van der Waals surface area contributed by atoms with E-state index in [2.05, 4.69) is 9.72 Å². The van der Waals surface area contributed by atoms with Crippen molar-refractivity contribution in [2.45, 2.75) is 35.8 Å². The minimum Gasteiger partial charge on any atom is -0.436 e. The van der Waals surface area contributed by atoms with E-state index in [-0.39, 0.29) is 50.8 Å². The summed E-state index contributed by atoms with van der Waals surface area (Å²) >= 11 is 0. The Morgan fingerprint density at radius 2 is 1.79 bits per heavy atom. The van der Waals surface area contributed by atoms with Crippen LogP contribution in [-0.4, -0.2) is 87.2 Å². The molecule has 3 heterocycles. The Kier molecular flexibility index (Phi) is 8.63. The third kappa shape index (κ3) is 6.75. The lowest BCUT2D eigenvalue weighted by atomic mass is 9.97. The summed E-state index contributed by atoms with van der Waals surface area (Å²) in [7, 11) is -8.30. The van der Waals surface area contributed by atoms with Crippen LogP contribution in [0.15, 0.2) is 53.7 Å². The van der Waals surface area contributed by atoms with Crippen LogP contribution < -0.4 is 5.73 Å². The van der Waals surface area contributed by atoms with Crippen LogP contribution in [0.3, 0.4) is 0 Å². The second-order valence-electron chi connectivity index (χ2n) is 9.12. The smallest absolute Gasteiger partial charge is 0.436 e. The number of hydrogen-bond acceptors (Lipinski definition) is 9. The molecule has 11 nitrogen and oxygen atoms in total. The van der Waals surface area contributed by atoms with Crippen LogP contribution in [0.25, 0.3) is 0 Å². The number of nitrogens with zero attached hydrogens (tertiary/aromatic N) is 3. The molecule has 2 saturated heterocycles. The van der Waals surface area contributed by atoms with Crippen LogP contribution in [0.1, 0.15) is 29.7 Å². The Balaban J connectivity index is 1.59. The number of benzene rings is 1. The SMILES string of the molecule is NC(OC(=O)C(F)(F)F)c1ccnc(S(=O)(=O)CC2CC(c3ccccc3)CN2S(=O)(=O)N2CCOCC2)c1. The number of aromatic nitrogens is 1. The van der Waals surface area contributed by atoms with Crippen molar-refractivity contribution in [2.75, 3.05) is 38.6 Å².